The van der Waals surface area contributed by atoms with Crippen LogP contribution < -0.4 is 16.8 Å². The highest BCUT2D eigenvalue weighted by Crippen LogP contribution is 2.15. The lowest BCUT2D eigenvalue weighted by Gasteiger charge is -2.19. The average Bonchev–Trinajstić information content (AvgIpc) is 4.00. The van der Waals surface area contributed by atoms with Crippen LogP contribution in [0.4, 0.5) is 16.7 Å². The number of nitrogens with zero attached hydrogens (tertiary/aromatic N) is 9. The first-order valence-electron chi connectivity index (χ1n) is 21.4. The summed E-state index contributed by atoms with van der Waals surface area (Å²) in [4.78, 5) is 48.8. The van der Waals surface area contributed by atoms with Gasteiger partial charge in [0.2, 0.25) is 11.9 Å². The third-order valence-corrected chi connectivity index (χ3v) is 9.20. The fourth-order valence-corrected chi connectivity index (χ4v) is 6.08. The number of aromatic nitrogens is 7. The number of benzene rings is 2. The van der Waals surface area contributed by atoms with Crippen LogP contribution in [0.5, 0.6) is 0 Å². The number of aromatic amines is 1. The third kappa shape index (κ3) is 23.5. The van der Waals surface area contributed by atoms with Crippen molar-refractivity contribution in [2.24, 2.45) is 5.11 Å². The number of ether oxygens (including phenoxy) is 1. The highest BCUT2D eigenvalue weighted by atomic mass is 35.5. The normalized spacial score (nSPS) is 10.4. The Balaban J connectivity index is 0.000000345. The van der Waals surface area contributed by atoms with Crippen molar-refractivity contribution in [3.63, 3.8) is 0 Å². The first kappa shape index (κ1) is 53.5. The minimum Gasteiger partial charge on any atom is -0.443 e. The molecule has 0 saturated carbocycles. The Morgan fingerprint density at radius 3 is 2.14 bits per heavy atom. The van der Waals surface area contributed by atoms with Crippen molar-refractivity contribution in [2.45, 2.75) is 123 Å². The number of ketones is 1. The molecule has 0 spiro atoms. The number of carbonyl (C=O) groups is 3. The second-order valence-corrected chi connectivity index (χ2v) is 15.8. The summed E-state index contributed by atoms with van der Waals surface area (Å²) in [7, 11) is 0. The lowest BCUT2D eigenvalue weighted by Crippen LogP contribution is -2.29. The van der Waals surface area contributed by atoms with Crippen LogP contribution in [-0.4, -0.2) is 71.0 Å². The fourth-order valence-electron chi connectivity index (χ4n) is 6.08. The van der Waals surface area contributed by atoms with Crippen LogP contribution in [0.15, 0.2) is 84.4 Å². The van der Waals surface area contributed by atoms with E-state index < -0.39 is 11.7 Å². The minimum absolute atomic E-state index is 0. The van der Waals surface area contributed by atoms with Crippen molar-refractivity contribution >= 4 is 42.1 Å². The number of azide groups is 1. The summed E-state index contributed by atoms with van der Waals surface area (Å²) in [6.45, 7) is 6.22. The maximum Gasteiger partial charge on any atom is 0.421 e. The van der Waals surface area contributed by atoms with Crippen LogP contribution >= 0.6 is 12.4 Å². The Labute approximate surface area is 382 Å². The summed E-state index contributed by atoms with van der Waals surface area (Å²) in [6.07, 6.45) is 22.6. The Kier molecular flexibility index (Phi) is 25.4. The van der Waals surface area contributed by atoms with Gasteiger partial charge in [-0.05, 0) is 102 Å². The van der Waals surface area contributed by atoms with Gasteiger partial charge in [-0.1, -0.05) is 83.8 Å². The Morgan fingerprint density at radius 1 is 0.875 bits per heavy atom. The molecule has 1 amide bonds. The molecule has 0 aliphatic heterocycles. The van der Waals surface area contributed by atoms with Crippen molar-refractivity contribution in [1.29, 1.82) is 0 Å². The van der Waals surface area contributed by atoms with E-state index in [9.17, 15) is 14.4 Å². The maximum atomic E-state index is 12.0. The van der Waals surface area contributed by atoms with Gasteiger partial charge in [0.05, 0.1) is 24.1 Å². The van der Waals surface area contributed by atoms with E-state index in [0.717, 1.165) is 101 Å². The Morgan fingerprint density at radius 2 is 1.52 bits per heavy atom. The topological polar surface area (TPSA) is 250 Å². The molecule has 5 rings (SSSR count). The number of nitrogens with two attached hydrogens (primary N) is 2. The molecule has 6 N–H and O–H groups in total. The molecule has 0 radical (unpaired) electrons. The third-order valence-electron chi connectivity index (χ3n) is 9.20. The van der Waals surface area contributed by atoms with Gasteiger partial charge in [-0.2, -0.15) is 0 Å². The van der Waals surface area contributed by atoms with Crippen molar-refractivity contribution in [3.8, 4) is 12.3 Å². The SMILES string of the molecule is C#CCCCCCc1cn(C(=O)OC(C)(C)C)c(N)n1.Cl.Nc1ncc(CCCCCc2cn(CC(=O)NCCc3ccccc3)nn2)[nH]1.[N-]=[N+]=NCC(=O)CCCc1ccccc1. The van der Waals surface area contributed by atoms with E-state index in [-0.39, 0.29) is 43.1 Å². The van der Waals surface area contributed by atoms with Gasteiger partial charge in [-0.25, -0.2) is 24.0 Å². The predicted molar refractivity (Wildman–Crippen MR) is 252 cm³/mol. The van der Waals surface area contributed by atoms with E-state index in [4.69, 9.17) is 28.2 Å². The van der Waals surface area contributed by atoms with Gasteiger partial charge in [-0.3, -0.25) is 9.59 Å². The van der Waals surface area contributed by atoms with Gasteiger partial charge >= 0.3 is 6.09 Å². The van der Waals surface area contributed by atoms with Crippen LogP contribution in [0, 0.1) is 12.3 Å². The van der Waals surface area contributed by atoms with Crippen LogP contribution in [0.2, 0.25) is 0 Å². The first-order valence-corrected chi connectivity index (χ1v) is 21.4. The smallest absolute Gasteiger partial charge is 0.421 e. The van der Waals surface area contributed by atoms with Crippen molar-refractivity contribution in [1.82, 2.24) is 39.8 Å². The number of nitrogens with one attached hydrogen (secondary N) is 2. The zero-order chi connectivity index (χ0) is 45.7. The molecular weight excluding hydrogens is 834 g/mol. The predicted octanol–water partition coefficient (Wildman–Crippen LogP) is 8.19. The van der Waals surface area contributed by atoms with Gasteiger partial charge in [0, 0.05) is 42.4 Å². The number of Topliss-reactive ketones (excluding diaryl/α,β-unsaturated/α-hetero) is 1. The number of rotatable bonds is 22. The number of halogens is 1. The van der Waals surface area contributed by atoms with Crippen LogP contribution in [0.1, 0.15) is 107 Å². The summed E-state index contributed by atoms with van der Waals surface area (Å²) >= 11 is 0. The molecule has 0 saturated heterocycles. The van der Waals surface area contributed by atoms with Crippen molar-refractivity contribution in [2.75, 3.05) is 24.6 Å². The van der Waals surface area contributed by atoms with E-state index in [0.29, 0.717) is 18.9 Å². The summed E-state index contributed by atoms with van der Waals surface area (Å²) in [6, 6.07) is 20.1. The molecular formula is C46H64ClN13O4. The van der Waals surface area contributed by atoms with Crippen molar-refractivity contribution in [3.05, 3.63) is 118 Å². The molecule has 0 atom stereocenters. The van der Waals surface area contributed by atoms with E-state index in [2.05, 4.69) is 58.7 Å². The highest BCUT2D eigenvalue weighted by Gasteiger charge is 2.20. The van der Waals surface area contributed by atoms with Gasteiger partial charge in [-0.15, -0.1) is 29.8 Å². The van der Waals surface area contributed by atoms with E-state index in [1.165, 1.54) is 15.7 Å². The lowest BCUT2D eigenvalue weighted by atomic mass is 10.1. The molecule has 2 aromatic carbocycles. The van der Waals surface area contributed by atoms with Gasteiger partial charge in [0.1, 0.15) is 17.9 Å². The molecule has 0 bridgehead atoms. The molecule has 0 aliphatic rings. The number of carbonyl (C=O) groups excluding carboxylic acids is 3. The fraction of sp³-hybridized carbons (Fsp3) is 0.457. The number of imidazole rings is 2. The number of unbranched alkanes of at least 4 members (excludes halogenated alkanes) is 5. The van der Waals surface area contributed by atoms with Gasteiger partial charge in [0.15, 0.2) is 5.95 Å². The summed E-state index contributed by atoms with van der Waals surface area (Å²) < 4.78 is 8.11. The number of amides is 1. The van der Waals surface area contributed by atoms with Crippen LogP contribution in [0.3, 0.4) is 0 Å². The number of hydrogen-bond acceptors (Lipinski definition) is 11. The number of aryl methyl sites for hydroxylation is 4. The number of H-pyrrole nitrogens is 1. The molecule has 64 heavy (non-hydrogen) atoms. The van der Waals surface area contributed by atoms with Crippen LogP contribution in [0.25, 0.3) is 10.4 Å². The zero-order valence-corrected chi connectivity index (χ0v) is 38.1. The number of terminal acetylenes is 1. The summed E-state index contributed by atoms with van der Waals surface area (Å²) in [5.74, 6) is 3.20. The Bertz CT molecular complexity index is 2190. The van der Waals surface area contributed by atoms with Gasteiger partial charge in [0.25, 0.3) is 0 Å². The van der Waals surface area contributed by atoms with E-state index >= 15 is 0 Å². The monoisotopic (exact) mass is 897 g/mol. The average molecular weight is 899 g/mol. The molecule has 0 fully saturated rings. The maximum absolute atomic E-state index is 12.0. The summed E-state index contributed by atoms with van der Waals surface area (Å²) in [5, 5.41) is 14.4. The molecule has 0 aliphatic carbocycles. The van der Waals surface area contributed by atoms with Crippen LogP contribution in [-0.2, 0) is 53.0 Å². The molecule has 5 aromatic rings. The number of anilines is 2. The lowest BCUT2D eigenvalue weighted by molar-refractivity contribution is -0.122. The molecule has 344 valence electrons. The number of hydrogen-bond donors (Lipinski definition) is 4. The quantitative estimate of drug-likeness (QED) is 0.0170. The van der Waals surface area contributed by atoms with Gasteiger partial charge < -0.3 is 26.5 Å². The highest BCUT2D eigenvalue weighted by molar-refractivity contribution is 5.85. The van der Waals surface area contributed by atoms with Crippen molar-refractivity contribution < 1.29 is 19.1 Å². The van der Waals surface area contributed by atoms with E-state index in [1.54, 1.807) is 17.1 Å². The number of nitrogen functional groups attached to an aromatic ring is 2. The molecule has 3 aromatic heterocycles. The molecule has 0 unspecified atom stereocenters. The standard InChI is InChI=1S/C20H27N7O.C15H23N3O2.C11H13N3O.ClH/c21-20-23-13-17(24-20)9-5-2-6-10-18-14-27(26-25-18)15-19(28)22-12-11-16-7-3-1-4-8-16;1-5-6-7-8-9-10-12-11-18(13(16)17-12)14(19)20-15(2,3)4;12-14-13-9-11(15)8-4-7-10-5-2-1-3-6-10;/h1,3-4,7-8,13-14H,2,5-6,9-12,15H2,(H,22,28)(H3,21,23,24);1,11H,6-10H2,2-4H3,(H2,16,17);1-3,5-6H,4,7-9H2;1H. The minimum atomic E-state index is -0.552. The molecule has 17 nitrogen and oxygen atoms in total. The first-order chi connectivity index (χ1) is 30.3. The Hall–Kier alpha value is -6.63. The molecule has 18 heteroatoms. The second kappa shape index (κ2) is 30.4. The largest absolute Gasteiger partial charge is 0.443 e. The zero-order valence-electron chi connectivity index (χ0n) is 37.3. The second-order valence-electron chi connectivity index (χ2n) is 15.8. The molecule has 3 heterocycles. The van der Waals surface area contributed by atoms with E-state index in [1.807, 2.05) is 75.5 Å². The summed E-state index contributed by atoms with van der Waals surface area (Å²) in [5.41, 5.74) is 24.0.